The summed E-state index contributed by atoms with van der Waals surface area (Å²) >= 11 is 0. The van der Waals surface area contributed by atoms with Crippen LogP contribution in [-0.2, 0) is 16.0 Å². The predicted molar refractivity (Wildman–Crippen MR) is 158 cm³/mol. The van der Waals surface area contributed by atoms with Gasteiger partial charge in [-0.15, -0.1) is 0 Å². The number of hydrogen-bond donors (Lipinski definition) is 0. The summed E-state index contributed by atoms with van der Waals surface area (Å²) in [6.07, 6.45) is 6.57. The molecule has 2 aromatic carbocycles. The number of rotatable bonds is 17. The fourth-order valence-electron chi connectivity index (χ4n) is 4.60. The number of ether oxygens (including phenoxy) is 2. The van der Waals surface area contributed by atoms with E-state index in [1.54, 1.807) is 18.3 Å². The van der Waals surface area contributed by atoms with Crippen LogP contribution in [0.1, 0.15) is 83.6 Å². The lowest BCUT2D eigenvalue weighted by atomic mass is 10.0. The van der Waals surface area contributed by atoms with Crippen molar-refractivity contribution in [3.8, 4) is 28.1 Å². The zero-order valence-electron chi connectivity index (χ0n) is 24.2. The Hall–Kier alpha value is -3.19. The fourth-order valence-corrected chi connectivity index (χ4v) is 4.60. The minimum atomic E-state index is -4.84. The van der Waals surface area contributed by atoms with E-state index in [4.69, 9.17) is 9.47 Å². The molecule has 222 valence electrons. The molecule has 0 saturated carbocycles. The largest absolute Gasteiger partial charge is 0.425 e. The molecule has 1 heterocycles. The molecule has 0 N–H and O–H groups in total. The summed E-state index contributed by atoms with van der Waals surface area (Å²) in [5.41, 5.74) is 4.89. The van der Waals surface area contributed by atoms with Crippen LogP contribution in [0.4, 0.5) is 13.2 Å². The van der Waals surface area contributed by atoms with Crippen LogP contribution in [0.5, 0.6) is 5.75 Å². The van der Waals surface area contributed by atoms with Crippen molar-refractivity contribution in [2.75, 3.05) is 6.61 Å². The Morgan fingerprint density at radius 1 is 0.732 bits per heavy atom. The highest BCUT2D eigenvalue weighted by Crippen LogP contribution is 2.28. The summed E-state index contributed by atoms with van der Waals surface area (Å²) in [5, 5.41) is 0. The van der Waals surface area contributed by atoms with Gasteiger partial charge in [-0.2, -0.15) is 13.2 Å². The standard InChI is InChI=1S/C34H42F3NO3/c1-3-5-7-8-9-10-11-13-26-14-16-27(17-15-26)29-20-23-31(38-25-29)28-18-21-30(22-19-28)41-33(39)32(34(35,36)37)40-24-12-6-4-2/h14-23,25,32H,3-13,24H2,1-2H3. The number of carbonyl (C=O) groups excluding carboxylic acids is 1. The zero-order chi connectivity index (χ0) is 29.5. The summed E-state index contributed by atoms with van der Waals surface area (Å²) in [7, 11) is 0. The molecule has 0 aliphatic carbocycles. The van der Waals surface area contributed by atoms with Crippen molar-refractivity contribution in [1.29, 1.82) is 0 Å². The molecule has 1 atom stereocenters. The topological polar surface area (TPSA) is 48.4 Å². The van der Waals surface area contributed by atoms with Crippen LogP contribution in [0.2, 0.25) is 0 Å². The summed E-state index contributed by atoms with van der Waals surface area (Å²) in [6.45, 7) is 4.02. The first kappa shape index (κ1) is 32.3. The van der Waals surface area contributed by atoms with Crippen molar-refractivity contribution >= 4 is 5.97 Å². The Morgan fingerprint density at radius 3 is 1.93 bits per heavy atom. The molecule has 0 bridgehead atoms. The van der Waals surface area contributed by atoms with Crippen LogP contribution < -0.4 is 4.74 Å². The number of halogens is 3. The van der Waals surface area contributed by atoms with Crippen molar-refractivity contribution in [3.63, 3.8) is 0 Å². The summed E-state index contributed by atoms with van der Waals surface area (Å²) in [5.74, 6) is -1.46. The molecular formula is C34H42F3NO3. The van der Waals surface area contributed by atoms with Crippen molar-refractivity contribution in [1.82, 2.24) is 4.98 Å². The SMILES string of the molecule is CCCCCCCCCc1ccc(-c2ccc(-c3ccc(OC(=O)C(OCCCCC)C(F)(F)F)cc3)nc2)cc1. The molecule has 1 unspecified atom stereocenters. The molecule has 0 saturated heterocycles. The van der Waals surface area contributed by atoms with E-state index < -0.39 is 18.2 Å². The van der Waals surface area contributed by atoms with E-state index in [2.05, 4.69) is 36.2 Å². The van der Waals surface area contributed by atoms with E-state index in [0.717, 1.165) is 36.0 Å². The first-order valence-corrected chi connectivity index (χ1v) is 14.9. The maximum Gasteiger partial charge on any atom is 0.425 e. The van der Waals surface area contributed by atoms with E-state index in [9.17, 15) is 18.0 Å². The number of alkyl halides is 3. The third-order valence-electron chi connectivity index (χ3n) is 7.03. The lowest BCUT2D eigenvalue weighted by Crippen LogP contribution is -2.42. The number of unbranched alkanes of at least 4 members (excludes halogenated alkanes) is 8. The van der Waals surface area contributed by atoms with Gasteiger partial charge in [0.1, 0.15) is 5.75 Å². The molecule has 3 aromatic rings. The van der Waals surface area contributed by atoms with Gasteiger partial charge in [0.15, 0.2) is 0 Å². The second kappa shape index (κ2) is 16.9. The van der Waals surface area contributed by atoms with E-state index in [1.807, 2.05) is 19.1 Å². The quantitative estimate of drug-likeness (QED) is 0.0922. The van der Waals surface area contributed by atoms with Crippen molar-refractivity contribution in [2.45, 2.75) is 96.8 Å². The monoisotopic (exact) mass is 569 g/mol. The second-order valence-electron chi connectivity index (χ2n) is 10.4. The molecule has 0 amide bonds. The molecule has 0 aliphatic rings. The minimum absolute atomic E-state index is 0.0124. The smallest absolute Gasteiger partial charge is 0.424 e. The van der Waals surface area contributed by atoms with Crippen molar-refractivity contribution in [3.05, 3.63) is 72.4 Å². The van der Waals surface area contributed by atoms with Crippen LogP contribution in [-0.4, -0.2) is 29.8 Å². The third kappa shape index (κ3) is 11.0. The van der Waals surface area contributed by atoms with E-state index in [-0.39, 0.29) is 12.4 Å². The van der Waals surface area contributed by atoms with Crippen LogP contribution in [0.3, 0.4) is 0 Å². The Balaban J connectivity index is 1.52. The maximum atomic E-state index is 13.3. The highest BCUT2D eigenvalue weighted by molar-refractivity contribution is 5.78. The average Bonchev–Trinajstić information content (AvgIpc) is 2.97. The number of aryl methyl sites for hydroxylation is 1. The highest BCUT2D eigenvalue weighted by Gasteiger charge is 2.47. The number of esters is 1. The Morgan fingerprint density at radius 2 is 1.32 bits per heavy atom. The van der Waals surface area contributed by atoms with Gasteiger partial charge in [0.2, 0.25) is 0 Å². The normalized spacial score (nSPS) is 12.3. The van der Waals surface area contributed by atoms with Crippen LogP contribution in [0.15, 0.2) is 66.9 Å². The van der Waals surface area contributed by atoms with Crippen LogP contribution >= 0.6 is 0 Å². The Kier molecular flexibility index (Phi) is 13.3. The highest BCUT2D eigenvalue weighted by atomic mass is 19.4. The fraction of sp³-hybridized carbons (Fsp3) is 0.471. The van der Waals surface area contributed by atoms with Gasteiger partial charge in [0.05, 0.1) is 5.69 Å². The number of hydrogen-bond acceptors (Lipinski definition) is 4. The summed E-state index contributed by atoms with van der Waals surface area (Å²) in [6, 6.07) is 18.7. The average molecular weight is 570 g/mol. The lowest BCUT2D eigenvalue weighted by molar-refractivity contribution is -0.225. The Bertz CT molecular complexity index is 1160. The van der Waals surface area contributed by atoms with Gasteiger partial charge in [-0.25, -0.2) is 4.79 Å². The van der Waals surface area contributed by atoms with E-state index in [0.29, 0.717) is 12.1 Å². The summed E-state index contributed by atoms with van der Waals surface area (Å²) < 4.78 is 49.7. The van der Waals surface area contributed by atoms with Gasteiger partial charge < -0.3 is 9.47 Å². The molecule has 0 radical (unpaired) electrons. The number of nitrogens with zero attached hydrogens (tertiary/aromatic N) is 1. The molecule has 7 heteroatoms. The first-order chi connectivity index (χ1) is 19.8. The third-order valence-corrected chi connectivity index (χ3v) is 7.03. The number of carbonyl (C=O) groups is 1. The van der Waals surface area contributed by atoms with Gasteiger partial charge in [0, 0.05) is 23.9 Å². The van der Waals surface area contributed by atoms with Gasteiger partial charge in [-0.3, -0.25) is 4.98 Å². The molecule has 41 heavy (non-hydrogen) atoms. The molecular weight excluding hydrogens is 527 g/mol. The number of aromatic nitrogens is 1. The maximum absolute atomic E-state index is 13.3. The van der Waals surface area contributed by atoms with Gasteiger partial charge in [0.25, 0.3) is 6.10 Å². The second-order valence-corrected chi connectivity index (χ2v) is 10.4. The van der Waals surface area contributed by atoms with E-state index >= 15 is 0 Å². The molecule has 0 fully saturated rings. The van der Waals surface area contributed by atoms with Gasteiger partial charge in [-0.05, 0) is 60.7 Å². The summed E-state index contributed by atoms with van der Waals surface area (Å²) in [4.78, 5) is 16.8. The van der Waals surface area contributed by atoms with Gasteiger partial charge in [-0.1, -0.05) is 95.5 Å². The van der Waals surface area contributed by atoms with Crippen LogP contribution in [0.25, 0.3) is 22.4 Å². The number of benzene rings is 2. The molecule has 1 aromatic heterocycles. The predicted octanol–water partition coefficient (Wildman–Crippen LogP) is 9.75. The Labute approximate surface area is 242 Å². The van der Waals surface area contributed by atoms with E-state index in [1.165, 1.54) is 62.6 Å². The lowest BCUT2D eigenvalue weighted by Gasteiger charge is -2.19. The molecule has 3 rings (SSSR count). The zero-order valence-corrected chi connectivity index (χ0v) is 24.2. The number of pyridine rings is 1. The van der Waals surface area contributed by atoms with Gasteiger partial charge >= 0.3 is 12.1 Å². The van der Waals surface area contributed by atoms with Crippen molar-refractivity contribution < 1.29 is 27.4 Å². The molecule has 0 aliphatic heterocycles. The first-order valence-electron chi connectivity index (χ1n) is 14.9. The molecule has 4 nitrogen and oxygen atoms in total. The minimum Gasteiger partial charge on any atom is -0.424 e. The van der Waals surface area contributed by atoms with Crippen LogP contribution in [0, 0.1) is 0 Å². The molecule has 0 spiro atoms. The van der Waals surface area contributed by atoms with Crippen molar-refractivity contribution in [2.24, 2.45) is 0 Å².